The van der Waals surface area contributed by atoms with E-state index in [1.807, 2.05) is 0 Å². The number of anilines is 1. The van der Waals surface area contributed by atoms with Gasteiger partial charge in [-0.05, 0) is 43.2 Å². The number of carbonyl (C=O) groups is 2. The summed E-state index contributed by atoms with van der Waals surface area (Å²) in [5.74, 6) is -5.99. The molecule has 0 saturated heterocycles. The minimum atomic E-state index is -3.61. The lowest BCUT2D eigenvalue weighted by molar-refractivity contribution is -0.162. The molecule has 2 aromatic carbocycles. The van der Waals surface area contributed by atoms with Gasteiger partial charge in [-0.25, -0.2) is 31.7 Å². The van der Waals surface area contributed by atoms with E-state index in [9.17, 15) is 31.9 Å². The van der Waals surface area contributed by atoms with Gasteiger partial charge in [0.15, 0.2) is 26.5 Å². The average Bonchev–Trinajstić information content (AvgIpc) is 3.42. The van der Waals surface area contributed by atoms with Crippen LogP contribution in [0.4, 0.5) is 13.9 Å². The van der Waals surface area contributed by atoms with Gasteiger partial charge in [0, 0.05) is 24.0 Å². The van der Waals surface area contributed by atoms with Gasteiger partial charge >= 0.3 is 11.6 Å². The number of hydrogen-bond donors (Lipinski definition) is 2. The molecule has 1 fully saturated rings. The van der Waals surface area contributed by atoms with Crippen LogP contribution in [0.15, 0.2) is 72.0 Å². The molecule has 5 rings (SSSR count). The molecule has 4 aromatic rings. The predicted octanol–water partition coefficient (Wildman–Crippen LogP) is 3.54. The number of sulfone groups is 1. The number of carbonyl (C=O) groups excluding carboxylic acids is 1. The number of amides is 1. The largest absolute Gasteiger partial charge is 0.478 e. The summed E-state index contributed by atoms with van der Waals surface area (Å²) < 4.78 is 60.2. The molecule has 2 aromatic heterocycles. The molecule has 0 bridgehead atoms. The second kappa shape index (κ2) is 9.61. The zero-order valence-electron chi connectivity index (χ0n) is 19.2. The first kappa shape index (κ1) is 25.5. The van der Waals surface area contributed by atoms with Gasteiger partial charge in [-0.15, -0.1) is 0 Å². The summed E-state index contributed by atoms with van der Waals surface area (Å²) in [6, 6.07) is 8.39. The third-order valence-electron chi connectivity index (χ3n) is 5.77. The lowest BCUT2D eigenvalue weighted by Gasteiger charge is -2.29. The number of carboxylic acids is 1. The highest BCUT2D eigenvalue weighted by Gasteiger charge is 2.52. The van der Waals surface area contributed by atoms with Crippen molar-refractivity contribution in [1.29, 1.82) is 0 Å². The Kier molecular flexibility index (Phi) is 6.44. The fraction of sp³-hybridized carbons (Fsp3) is 0.167. The van der Waals surface area contributed by atoms with Crippen LogP contribution < -0.4 is 10.1 Å². The van der Waals surface area contributed by atoms with E-state index >= 15 is 0 Å². The number of ether oxygens (including phenoxy) is 1. The maximum Gasteiger partial charge on any atom is 0.363 e. The number of benzene rings is 2. The SMILES string of the molecule is O=C(O)C(Oc1ccc(F)cc1F)(C(=O)Nc1ncc(-n2cccn2)s1)c1ccc(S(=O)(=O)C2CC2)cc1. The molecule has 2 heterocycles. The van der Waals surface area contributed by atoms with Gasteiger partial charge in [-0.3, -0.25) is 10.1 Å². The predicted molar refractivity (Wildman–Crippen MR) is 131 cm³/mol. The molecular formula is C24H18F2N4O6S2. The van der Waals surface area contributed by atoms with Crippen molar-refractivity contribution in [3.8, 4) is 10.8 Å². The third kappa shape index (κ3) is 4.63. The molecule has 14 heteroatoms. The molecule has 196 valence electrons. The number of halogens is 2. The minimum absolute atomic E-state index is 0.0118. The topological polar surface area (TPSA) is 140 Å². The van der Waals surface area contributed by atoms with Gasteiger partial charge in [0.2, 0.25) is 0 Å². The summed E-state index contributed by atoms with van der Waals surface area (Å²) >= 11 is 0.975. The third-order valence-corrected chi connectivity index (χ3v) is 8.96. The van der Waals surface area contributed by atoms with E-state index in [1.165, 1.54) is 17.1 Å². The molecule has 1 unspecified atom stereocenters. The summed E-state index contributed by atoms with van der Waals surface area (Å²) in [5, 5.41) is 16.7. The fourth-order valence-corrected chi connectivity index (χ4v) is 6.10. The Balaban J connectivity index is 1.56. The molecule has 2 N–H and O–H groups in total. The smallest absolute Gasteiger partial charge is 0.363 e. The number of aliphatic carboxylic acids is 1. The normalized spacial score (nSPS) is 15.0. The maximum absolute atomic E-state index is 14.5. The minimum Gasteiger partial charge on any atom is -0.478 e. The van der Waals surface area contributed by atoms with Crippen molar-refractivity contribution in [3.05, 3.63) is 84.3 Å². The van der Waals surface area contributed by atoms with E-state index in [0.29, 0.717) is 23.9 Å². The summed E-state index contributed by atoms with van der Waals surface area (Å²) in [5.41, 5.74) is -3.21. The van der Waals surface area contributed by atoms with Crippen LogP contribution in [0.5, 0.6) is 5.75 Å². The van der Waals surface area contributed by atoms with E-state index in [1.54, 1.807) is 12.3 Å². The van der Waals surface area contributed by atoms with Gasteiger partial charge in [-0.1, -0.05) is 23.5 Å². The van der Waals surface area contributed by atoms with E-state index in [4.69, 9.17) is 4.74 Å². The van der Waals surface area contributed by atoms with Crippen molar-refractivity contribution < 1.29 is 36.6 Å². The number of aromatic nitrogens is 3. The number of carboxylic acid groups (broad SMARTS) is 1. The van der Waals surface area contributed by atoms with Crippen LogP contribution in [0.25, 0.3) is 5.00 Å². The van der Waals surface area contributed by atoms with Crippen LogP contribution >= 0.6 is 11.3 Å². The fourth-order valence-electron chi connectivity index (χ4n) is 3.69. The number of nitrogens with one attached hydrogen (secondary N) is 1. The second-order valence-corrected chi connectivity index (χ2v) is 11.6. The Hall–Kier alpha value is -4.17. The van der Waals surface area contributed by atoms with Crippen molar-refractivity contribution in [2.75, 3.05) is 5.32 Å². The molecular weight excluding hydrogens is 542 g/mol. The molecule has 1 atom stereocenters. The monoisotopic (exact) mass is 560 g/mol. The summed E-state index contributed by atoms with van der Waals surface area (Å²) in [6.07, 6.45) is 5.61. The average molecular weight is 561 g/mol. The van der Waals surface area contributed by atoms with Gasteiger partial charge in [0.25, 0.3) is 5.91 Å². The maximum atomic E-state index is 14.5. The number of hydrogen-bond acceptors (Lipinski definition) is 8. The highest BCUT2D eigenvalue weighted by atomic mass is 32.2. The zero-order chi connectivity index (χ0) is 27.1. The van der Waals surface area contributed by atoms with Gasteiger partial charge in [0.05, 0.1) is 16.3 Å². The highest BCUT2D eigenvalue weighted by molar-refractivity contribution is 7.92. The molecule has 0 spiro atoms. The van der Waals surface area contributed by atoms with E-state index in [0.717, 1.165) is 47.7 Å². The molecule has 38 heavy (non-hydrogen) atoms. The lowest BCUT2D eigenvalue weighted by atomic mass is 9.92. The molecule has 1 saturated carbocycles. The number of thiazole rings is 1. The summed E-state index contributed by atoms with van der Waals surface area (Å²) in [7, 11) is -3.61. The zero-order valence-corrected chi connectivity index (χ0v) is 20.9. The molecule has 0 aliphatic heterocycles. The van der Waals surface area contributed by atoms with Gasteiger partial charge in [-0.2, -0.15) is 5.10 Å². The van der Waals surface area contributed by atoms with Crippen molar-refractivity contribution in [2.45, 2.75) is 28.6 Å². The van der Waals surface area contributed by atoms with Crippen LogP contribution in [0, 0.1) is 11.6 Å². The lowest BCUT2D eigenvalue weighted by Crippen LogP contribution is -2.52. The van der Waals surface area contributed by atoms with Crippen LogP contribution in [0.3, 0.4) is 0 Å². The van der Waals surface area contributed by atoms with Crippen LogP contribution in [-0.2, 0) is 25.0 Å². The van der Waals surface area contributed by atoms with Crippen LogP contribution in [-0.4, -0.2) is 45.4 Å². The van der Waals surface area contributed by atoms with E-state index in [2.05, 4.69) is 15.4 Å². The van der Waals surface area contributed by atoms with Crippen molar-refractivity contribution in [1.82, 2.24) is 14.8 Å². The van der Waals surface area contributed by atoms with Crippen LogP contribution in [0.2, 0.25) is 0 Å². The van der Waals surface area contributed by atoms with Gasteiger partial charge in [0.1, 0.15) is 10.8 Å². The second-order valence-electron chi connectivity index (χ2n) is 8.34. The standard InChI is InChI=1S/C24H18F2N4O6S2/c25-15-4-9-19(18(26)12-15)36-24(22(32)33,14-2-5-16(6-3-14)38(34,35)17-7-8-17)21(31)29-23-27-13-20(37-23)30-11-1-10-28-30/h1-6,9-13,17H,7-8H2,(H,32,33)(H,27,29,31). The first-order chi connectivity index (χ1) is 18.1. The van der Waals surface area contributed by atoms with Gasteiger partial charge < -0.3 is 9.84 Å². The number of nitrogens with zero attached hydrogens (tertiary/aromatic N) is 3. The van der Waals surface area contributed by atoms with Crippen molar-refractivity contribution in [2.24, 2.45) is 0 Å². The molecule has 0 radical (unpaired) electrons. The van der Waals surface area contributed by atoms with Crippen molar-refractivity contribution in [3.63, 3.8) is 0 Å². The Morgan fingerprint density at radius 2 is 1.89 bits per heavy atom. The van der Waals surface area contributed by atoms with Crippen molar-refractivity contribution >= 4 is 38.2 Å². The Bertz CT molecular complexity index is 1620. The summed E-state index contributed by atoms with van der Waals surface area (Å²) in [6.45, 7) is 0. The molecule has 1 aliphatic rings. The first-order valence-corrected chi connectivity index (χ1v) is 13.5. The Labute approximate surface area is 218 Å². The Morgan fingerprint density at radius 3 is 2.50 bits per heavy atom. The van der Waals surface area contributed by atoms with Crippen LogP contribution in [0.1, 0.15) is 18.4 Å². The molecule has 1 aliphatic carbocycles. The molecule has 1 amide bonds. The van der Waals surface area contributed by atoms with E-state index < -0.39 is 49.9 Å². The first-order valence-electron chi connectivity index (χ1n) is 11.1. The Morgan fingerprint density at radius 1 is 1.16 bits per heavy atom. The highest BCUT2D eigenvalue weighted by Crippen LogP contribution is 2.36. The molecule has 10 nitrogen and oxygen atoms in total. The summed E-state index contributed by atoms with van der Waals surface area (Å²) in [4.78, 5) is 30.3. The number of rotatable bonds is 9. The quantitative estimate of drug-likeness (QED) is 0.296. The van der Waals surface area contributed by atoms with E-state index in [-0.39, 0.29) is 15.6 Å².